The highest BCUT2D eigenvalue weighted by molar-refractivity contribution is 5.78. The van der Waals surface area contributed by atoms with Crippen molar-refractivity contribution >= 4 is 5.91 Å². The lowest BCUT2D eigenvalue weighted by Gasteiger charge is -2.30. The minimum absolute atomic E-state index is 0.157. The molecule has 1 aliphatic heterocycles. The van der Waals surface area contributed by atoms with Crippen molar-refractivity contribution < 1.29 is 9.32 Å². The summed E-state index contributed by atoms with van der Waals surface area (Å²) in [6, 6.07) is 0.441. The first kappa shape index (κ1) is 13.2. The van der Waals surface area contributed by atoms with E-state index >= 15 is 0 Å². The van der Waals surface area contributed by atoms with Crippen molar-refractivity contribution in [2.75, 3.05) is 19.6 Å². The number of nitrogens with zero attached hydrogens (tertiary/aromatic N) is 3. The Balaban J connectivity index is 1.33. The SMILES string of the molecule is O=C(CN1CCCC(c2noc(C3CC3)n2)C1)NC1CC1. The van der Waals surface area contributed by atoms with E-state index in [9.17, 15) is 4.79 Å². The molecule has 2 aliphatic carbocycles. The average molecular weight is 290 g/mol. The van der Waals surface area contributed by atoms with Crippen molar-refractivity contribution in [1.29, 1.82) is 0 Å². The molecule has 1 aromatic heterocycles. The Hall–Kier alpha value is -1.43. The lowest BCUT2D eigenvalue weighted by molar-refractivity contribution is -0.122. The number of hydrogen-bond donors (Lipinski definition) is 1. The summed E-state index contributed by atoms with van der Waals surface area (Å²) in [4.78, 5) is 18.7. The summed E-state index contributed by atoms with van der Waals surface area (Å²) in [6.45, 7) is 2.35. The standard InChI is InChI=1S/C15H22N4O2/c20-13(16-12-5-6-12)9-19-7-1-2-11(8-19)14-17-15(21-18-14)10-3-4-10/h10-12H,1-9H2,(H,16,20). The second kappa shape index (κ2) is 5.40. The van der Waals surface area contributed by atoms with E-state index in [1.54, 1.807) is 0 Å². The molecule has 1 aromatic rings. The fourth-order valence-electron chi connectivity index (χ4n) is 3.02. The van der Waals surface area contributed by atoms with Gasteiger partial charge in [0.25, 0.3) is 0 Å². The predicted molar refractivity (Wildman–Crippen MR) is 75.9 cm³/mol. The molecule has 1 unspecified atom stereocenters. The maximum atomic E-state index is 11.9. The first-order chi connectivity index (χ1) is 10.3. The smallest absolute Gasteiger partial charge is 0.234 e. The molecular weight excluding hydrogens is 268 g/mol. The van der Waals surface area contributed by atoms with Crippen molar-refractivity contribution in [2.45, 2.75) is 56.4 Å². The van der Waals surface area contributed by atoms with Crippen molar-refractivity contribution in [3.05, 3.63) is 11.7 Å². The largest absolute Gasteiger partial charge is 0.352 e. The molecule has 2 heterocycles. The van der Waals surface area contributed by atoms with Gasteiger partial charge in [-0.1, -0.05) is 5.16 Å². The average Bonchev–Trinajstić information content (AvgIpc) is 3.40. The van der Waals surface area contributed by atoms with Crippen molar-refractivity contribution in [2.24, 2.45) is 0 Å². The third-order valence-corrected chi connectivity index (χ3v) is 4.56. The molecule has 114 valence electrons. The number of amides is 1. The van der Waals surface area contributed by atoms with Gasteiger partial charge in [-0.25, -0.2) is 0 Å². The van der Waals surface area contributed by atoms with Crippen LogP contribution >= 0.6 is 0 Å². The Morgan fingerprint density at radius 2 is 2.10 bits per heavy atom. The highest BCUT2D eigenvalue weighted by Crippen LogP contribution is 2.39. The van der Waals surface area contributed by atoms with E-state index in [-0.39, 0.29) is 5.91 Å². The van der Waals surface area contributed by atoms with E-state index in [1.807, 2.05) is 0 Å². The Morgan fingerprint density at radius 1 is 1.24 bits per heavy atom. The van der Waals surface area contributed by atoms with E-state index in [4.69, 9.17) is 4.52 Å². The molecule has 4 rings (SSSR count). The summed E-state index contributed by atoms with van der Waals surface area (Å²) < 4.78 is 5.36. The zero-order valence-electron chi connectivity index (χ0n) is 12.3. The summed E-state index contributed by atoms with van der Waals surface area (Å²) in [5.41, 5.74) is 0. The van der Waals surface area contributed by atoms with Crippen molar-refractivity contribution in [3.63, 3.8) is 0 Å². The third kappa shape index (κ3) is 3.26. The van der Waals surface area contributed by atoms with Crippen LogP contribution in [0.4, 0.5) is 0 Å². The molecular formula is C15H22N4O2. The lowest BCUT2D eigenvalue weighted by atomic mass is 9.97. The van der Waals surface area contributed by atoms with Crippen LogP contribution in [0.25, 0.3) is 0 Å². The predicted octanol–water partition coefficient (Wildman–Crippen LogP) is 1.41. The summed E-state index contributed by atoms with van der Waals surface area (Å²) in [5, 5.41) is 7.21. The molecule has 3 aliphatic rings. The van der Waals surface area contributed by atoms with Gasteiger partial charge in [-0.3, -0.25) is 9.69 Å². The van der Waals surface area contributed by atoms with Crippen LogP contribution in [0.2, 0.25) is 0 Å². The van der Waals surface area contributed by atoms with Crippen LogP contribution in [0.15, 0.2) is 4.52 Å². The summed E-state index contributed by atoms with van der Waals surface area (Å²) >= 11 is 0. The van der Waals surface area contributed by atoms with Gasteiger partial charge in [-0.15, -0.1) is 0 Å². The number of rotatable bonds is 5. The van der Waals surface area contributed by atoms with Crippen LogP contribution in [0.5, 0.6) is 0 Å². The van der Waals surface area contributed by atoms with Crippen LogP contribution < -0.4 is 5.32 Å². The van der Waals surface area contributed by atoms with Gasteiger partial charge < -0.3 is 9.84 Å². The highest BCUT2D eigenvalue weighted by Gasteiger charge is 2.32. The number of piperidine rings is 1. The second-order valence-electron chi connectivity index (χ2n) is 6.68. The molecule has 6 nitrogen and oxygen atoms in total. The summed E-state index contributed by atoms with van der Waals surface area (Å²) in [6.07, 6.45) is 6.82. The van der Waals surface area contributed by atoms with E-state index < -0.39 is 0 Å². The molecule has 6 heteroatoms. The van der Waals surface area contributed by atoms with E-state index in [0.29, 0.717) is 24.4 Å². The number of carbonyl (C=O) groups excluding carboxylic acids is 1. The molecule has 1 N–H and O–H groups in total. The van der Waals surface area contributed by atoms with Crippen molar-refractivity contribution in [1.82, 2.24) is 20.4 Å². The molecule has 1 amide bonds. The maximum Gasteiger partial charge on any atom is 0.234 e. The Morgan fingerprint density at radius 3 is 2.86 bits per heavy atom. The zero-order chi connectivity index (χ0) is 14.2. The van der Waals surface area contributed by atoms with Gasteiger partial charge in [0, 0.05) is 24.4 Å². The molecule has 3 fully saturated rings. The Bertz CT molecular complexity index is 521. The molecule has 0 aromatic carbocycles. The monoisotopic (exact) mass is 290 g/mol. The molecule has 0 spiro atoms. The number of likely N-dealkylation sites (tertiary alicyclic amines) is 1. The molecule has 1 saturated heterocycles. The van der Waals surface area contributed by atoms with Crippen LogP contribution in [0.3, 0.4) is 0 Å². The summed E-state index contributed by atoms with van der Waals surface area (Å²) in [5.74, 6) is 2.63. The lowest BCUT2D eigenvalue weighted by Crippen LogP contribution is -2.42. The fourth-order valence-corrected chi connectivity index (χ4v) is 3.02. The molecule has 0 bridgehead atoms. The van der Waals surface area contributed by atoms with E-state index in [0.717, 1.165) is 50.5 Å². The fraction of sp³-hybridized carbons (Fsp3) is 0.800. The van der Waals surface area contributed by atoms with Crippen molar-refractivity contribution in [3.8, 4) is 0 Å². The van der Waals surface area contributed by atoms with Gasteiger partial charge in [-0.2, -0.15) is 4.98 Å². The Kier molecular flexibility index (Phi) is 3.41. The normalized spacial score (nSPS) is 26.8. The van der Waals surface area contributed by atoms with Crippen LogP contribution in [0.1, 0.15) is 62.1 Å². The van der Waals surface area contributed by atoms with Crippen LogP contribution in [-0.4, -0.2) is 46.6 Å². The van der Waals surface area contributed by atoms with Gasteiger partial charge in [0.15, 0.2) is 5.82 Å². The number of hydrogen-bond acceptors (Lipinski definition) is 5. The molecule has 2 saturated carbocycles. The molecule has 0 radical (unpaired) electrons. The minimum Gasteiger partial charge on any atom is -0.352 e. The number of nitrogens with one attached hydrogen (secondary N) is 1. The first-order valence-corrected chi connectivity index (χ1v) is 8.13. The first-order valence-electron chi connectivity index (χ1n) is 8.13. The highest BCUT2D eigenvalue weighted by atomic mass is 16.5. The van der Waals surface area contributed by atoms with E-state index in [2.05, 4.69) is 20.4 Å². The third-order valence-electron chi connectivity index (χ3n) is 4.56. The summed E-state index contributed by atoms with van der Waals surface area (Å²) in [7, 11) is 0. The number of carbonyl (C=O) groups is 1. The van der Waals surface area contributed by atoms with Gasteiger partial charge in [0.1, 0.15) is 0 Å². The maximum absolute atomic E-state index is 11.9. The van der Waals surface area contributed by atoms with Crippen LogP contribution in [-0.2, 0) is 4.79 Å². The van der Waals surface area contributed by atoms with Gasteiger partial charge >= 0.3 is 0 Å². The van der Waals surface area contributed by atoms with Gasteiger partial charge in [0.2, 0.25) is 11.8 Å². The zero-order valence-corrected chi connectivity index (χ0v) is 12.3. The number of aromatic nitrogens is 2. The Labute approximate surface area is 124 Å². The van der Waals surface area contributed by atoms with E-state index in [1.165, 1.54) is 12.8 Å². The van der Waals surface area contributed by atoms with Gasteiger partial charge in [0.05, 0.1) is 6.54 Å². The quantitative estimate of drug-likeness (QED) is 0.887. The minimum atomic E-state index is 0.157. The molecule has 21 heavy (non-hydrogen) atoms. The van der Waals surface area contributed by atoms with Crippen LogP contribution in [0, 0.1) is 0 Å². The second-order valence-corrected chi connectivity index (χ2v) is 6.68. The molecule has 1 atom stereocenters. The topological polar surface area (TPSA) is 71.3 Å². The van der Waals surface area contributed by atoms with Gasteiger partial charge in [-0.05, 0) is 45.1 Å².